The van der Waals surface area contributed by atoms with E-state index in [-0.39, 0.29) is 11.7 Å². The Balaban J connectivity index is 1.98. The number of nitrogens with one attached hydrogen (secondary N) is 2. The molecule has 1 heterocycles. The van der Waals surface area contributed by atoms with Crippen molar-refractivity contribution in [3.63, 3.8) is 0 Å². The van der Waals surface area contributed by atoms with Crippen LogP contribution in [0, 0.1) is 0 Å². The molecule has 1 aromatic carbocycles. The number of amides is 2. The summed E-state index contributed by atoms with van der Waals surface area (Å²) in [7, 11) is 1.52. The molecule has 1 aromatic heterocycles. The van der Waals surface area contributed by atoms with E-state index in [9.17, 15) is 9.59 Å². The first kappa shape index (κ1) is 14.6. The summed E-state index contributed by atoms with van der Waals surface area (Å²) in [5, 5.41) is 5.26. The first-order valence-corrected chi connectivity index (χ1v) is 6.40. The number of carbonyl (C=O) groups is 2. The first-order chi connectivity index (χ1) is 10.1. The van der Waals surface area contributed by atoms with Gasteiger partial charge in [-0.2, -0.15) is 0 Å². The molecule has 1 unspecified atom stereocenters. The standard InChI is InChI=1S/C15H16N2O4/c1-10(16-15(19)13-8-5-9-21-13)14(18)17-11-6-3-4-7-12(11)20-2/h3-10H,1-2H3,(H,16,19)(H,17,18). The van der Waals surface area contributed by atoms with E-state index in [1.54, 1.807) is 37.3 Å². The molecule has 1 atom stereocenters. The number of anilines is 1. The minimum absolute atomic E-state index is 0.159. The molecule has 6 heteroatoms. The molecular weight excluding hydrogens is 272 g/mol. The van der Waals surface area contributed by atoms with Gasteiger partial charge in [0.25, 0.3) is 5.91 Å². The van der Waals surface area contributed by atoms with E-state index in [4.69, 9.17) is 9.15 Å². The van der Waals surface area contributed by atoms with E-state index in [1.807, 2.05) is 0 Å². The molecule has 2 N–H and O–H groups in total. The number of rotatable bonds is 5. The maximum atomic E-state index is 12.1. The summed E-state index contributed by atoms with van der Waals surface area (Å²) in [6.07, 6.45) is 1.40. The van der Waals surface area contributed by atoms with Gasteiger partial charge in [0, 0.05) is 0 Å². The third-order valence-corrected chi connectivity index (χ3v) is 2.85. The van der Waals surface area contributed by atoms with Gasteiger partial charge >= 0.3 is 0 Å². The SMILES string of the molecule is COc1ccccc1NC(=O)C(C)NC(=O)c1ccco1. The topological polar surface area (TPSA) is 80.6 Å². The van der Waals surface area contributed by atoms with Crippen molar-refractivity contribution < 1.29 is 18.7 Å². The van der Waals surface area contributed by atoms with E-state index in [2.05, 4.69) is 10.6 Å². The minimum Gasteiger partial charge on any atom is -0.495 e. The van der Waals surface area contributed by atoms with Gasteiger partial charge in [-0.3, -0.25) is 9.59 Å². The van der Waals surface area contributed by atoms with Crippen LogP contribution in [0.4, 0.5) is 5.69 Å². The van der Waals surface area contributed by atoms with Crippen molar-refractivity contribution in [1.82, 2.24) is 5.32 Å². The Bertz CT molecular complexity index is 622. The molecule has 6 nitrogen and oxygen atoms in total. The van der Waals surface area contributed by atoms with Crippen molar-refractivity contribution in [3.05, 3.63) is 48.4 Å². The number of hydrogen-bond donors (Lipinski definition) is 2. The van der Waals surface area contributed by atoms with Crippen LogP contribution >= 0.6 is 0 Å². The van der Waals surface area contributed by atoms with Gasteiger partial charge in [0.05, 0.1) is 19.1 Å². The zero-order chi connectivity index (χ0) is 15.2. The molecule has 0 aliphatic carbocycles. The molecule has 0 fully saturated rings. The second kappa shape index (κ2) is 6.60. The van der Waals surface area contributed by atoms with Crippen molar-refractivity contribution in [1.29, 1.82) is 0 Å². The van der Waals surface area contributed by atoms with Crippen LogP contribution in [0.1, 0.15) is 17.5 Å². The summed E-state index contributed by atoms with van der Waals surface area (Å²) in [5.41, 5.74) is 0.545. The van der Waals surface area contributed by atoms with Crippen molar-refractivity contribution in [2.45, 2.75) is 13.0 Å². The average molecular weight is 288 g/mol. The molecule has 2 aromatic rings. The number of furan rings is 1. The highest BCUT2D eigenvalue weighted by Gasteiger charge is 2.19. The van der Waals surface area contributed by atoms with Crippen LogP contribution in [0.25, 0.3) is 0 Å². The smallest absolute Gasteiger partial charge is 0.287 e. The predicted molar refractivity (Wildman–Crippen MR) is 77.3 cm³/mol. The largest absolute Gasteiger partial charge is 0.495 e. The summed E-state index contributed by atoms with van der Waals surface area (Å²) in [5.74, 6) is -0.0792. The molecule has 0 aliphatic rings. The summed E-state index contributed by atoms with van der Waals surface area (Å²) >= 11 is 0. The van der Waals surface area contributed by atoms with Crippen LogP contribution < -0.4 is 15.4 Å². The van der Waals surface area contributed by atoms with Crippen LogP contribution in [0.5, 0.6) is 5.75 Å². The van der Waals surface area contributed by atoms with E-state index < -0.39 is 11.9 Å². The monoisotopic (exact) mass is 288 g/mol. The minimum atomic E-state index is -0.715. The van der Waals surface area contributed by atoms with Crippen LogP contribution in [-0.4, -0.2) is 25.0 Å². The van der Waals surface area contributed by atoms with E-state index in [0.717, 1.165) is 0 Å². The molecule has 2 rings (SSSR count). The highest BCUT2D eigenvalue weighted by Crippen LogP contribution is 2.23. The lowest BCUT2D eigenvalue weighted by Gasteiger charge is -2.15. The van der Waals surface area contributed by atoms with Crippen LogP contribution in [0.3, 0.4) is 0 Å². The first-order valence-electron chi connectivity index (χ1n) is 6.40. The number of ether oxygens (including phenoxy) is 1. The number of para-hydroxylation sites is 2. The third kappa shape index (κ3) is 3.62. The third-order valence-electron chi connectivity index (χ3n) is 2.85. The Morgan fingerprint density at radius 2 is 1.95 bits per heavy atom. The predicted octanol–water partition coefficient (Wildman–Crippen LogP) is 2.05. The maximum absolute atomic E-state index is 12.1. The lowest BCUT2D eigenvalue weighted by atomic mass is 10.2. The molecule has 0 saturated heterocycles. The molecule has 21 heavy (non-hydrogen) atoms. The van der Waals surface area contributed by atoms with Gasteiger partial charge < -0.3 is 19.8 Å². The van der Waals surface area contributed by atoms with E-state index in [0.29, 0.717) is 11.4 Å². The molecule has 2 amide bonds. The lowest BCUT2D eigenvalue weighted by molar-refractivity contribution is -0.117. The zero-order valence-electron chi connectivity index (χ0n) is 11.8. The van der Waals surface area contributed by atoms with Gasteiger partial charge in [0.1, 0.15) is 11.8 Å². The molecular formula is C15H16N2O4. The van der Waals surface area contributed by atoms with Gasteiger partial charge in [0.15, 0.2) is 5.76 Å². The number of methoxy groups -OCH3 is 1. The summed E-state index contributed by atoms with van der Waals surface area (Å²) in [4.78, 5) is 23.9. The second-order valence-corrected chi connectivity index (χ2v) is 4.36. The number of benzene rings is 1. The van der Waals surface area contributed by atoms with E-state index >= 15 is 0 Å². The van der Waals surface area contributed by atoms with Crippen LogP contribution in [0.2, 0.25) is 0 Å². The van der Waals surface area contributed by atoms with Gasteiger partial charge in [0.2, 0.25) is 5.91 Å². The van der Waals surface area contributed by atoms with E-state index in [1.165, 1.54) is 19.4 Å². The molecule has 0 spiro atoms. The van der Waals surface area contributed by atoms with Crippen LogP contribution in [0.15, 0.2) is 47.1 Å². The number of hydrogen-bond acceptors (Lipinski definition) is 4. The molecule has 110 valence electrons. The van der Waals surface area contributed by atoms with Gasteiger partial charge in [-0.05, 0) is 31.2 Å². The highest BCUT2D eigenvalue weighted by molar-refractivity contribution is 6.00. The fourth-order valence-corrected chi connectivity index (χ4v) is 1.73. The molecule has 0 radical (unpaired) electrons. The van der Waals surface area contributed by atoms with Crippen molar-refractivity contribution >= 4 is 17.5 Å². The van der Waals surface area contributed by atoms with Gasteiger partial charge in [-0.15, -0.1) is 0 Å². The molecule has 0 aliphatic heterocycles. The Morgan fingerprint density at radius 1 is 1.19 bits per heavy atom. The van der Waals surface area contributed by atoms with Crippen molar-refractivity contribution in [3.8, 4) is 5.75 Å². The van der Waals surface area contributed by atoms with Gasteiger partial charge in [-0.1, -0.05) is 12.1 Å². The maximum Gasteiger partial charge on any atom is 0.287 e. The Hall–Kier alpha value is -2.76. The van der Waals surface area contributed by atoms with Crippen LogP contribution in [-0.2, 0) is 4.79 Å². The molecule has 0 bridgehead atoms. The molecule has 0 saturated carbocycles. The summed E-state index contributed by atoms with van der Waals surface area (Å²) in [6.45, 7) is 1.59. The number of carbonyl (C=O) groups excluding carboxylic acids is 2. The Morgan fingerprint density at radius 3 is 2.62 bits per heavy atom. The van der Waals surface area contributed by atoms with Crippen molar-refractivity contribution in [2.24, 2.45) is 0 Å². The average Bonchev–Trinajstić information content (AvgIpc) is 3.02. The lowest BCUT2D eigenvalue weighted by Crippen LogP contribution is -2.41. The van der Waals surface area contributed by atoms with Gasteiger partial charge in [-0.25, -0.2) is 0 Å². The zero-order valence-corrected chi connectivity index (χ0v) is 11.8. The second-order valence-electron chi connectivity index (χ2n) is 4.36. The quantitative estimate of drug-likeness (QED) is 0.882. The Kier molecular flexibility index (Phi) is 4.61. The fraction of sp³-hybridized carbons (Fsp3) is 0.200. The summed E-state index contributed by atoms with van der Waals surface area (Å²) < 4.78 is 10.1. The highest BCUT2D eigenvalue weighted by atomic mass is 16.5. The summed E-state index contributed by atoms with van der Waals surface area (Å²) in [6, 6.07) is 9.46. The fourth-order valence-electron chi connectivity index (χ4n) is 1.73. The van der Waals surface area contributed by atoms with Crippen molar-refractivity contribution in [2.75, 3.05) is 12.4 Å². The normalized spacial score (nSPS) is 11.5. The Labute approximate surface area is 122 Å².